The lowest BCUT2D eigenvalue weighted by molar-refractivity contribution is 0.589. The van der Waals surface area contributed by atoms with Gasteiger partial charge >= 0.3 is 0 Å². The minimum absolute atomic E-state index is 0.309. The van der Waals surface area contributed by atoms with E-state index in [2.05, 4.69) is 0 Å². The molecule has 4 heteroatoms. The van der Waals surface area contributed by atoms with Crippen molar-refractivity contribution in [3.8, 4) is 0 Å². The highest BCUT2D eigenvalue weighted by Crippen LogP contribution is 2.25. The van der Waals surface area contributed by atoms with E-state index in [4.69, 9.17) is 0 Å². The quantitative estimate of drug-likeness (QED) is 0.722. The predicted molar refractivity (Wildman–Crippen MR) is 85.2 cm³/mol. The molecule has 1 heterocycles. The molecule has 0 saturated heterocycles. The second kappa shape index (κ2) is 4.74. The Hall–Kier alpha value is -2.07. The molecule has 21 heavy (non-hydrogen) atoms. The van der Waals surface area contributed by atoms with Gasteiger partial charge in [-0.25, -0.2) is 12.4 Å². The fourth-order valence-electron chi connectivity index (χ4n) is 2.41. The first-order valence-corrected chi connectivity index (χ1v) is 8.24. The molecule has 2 aromatic carbocycles. The summed E-state index contributed by atoms with van der Waals surface area (Å²) in [6.45, 7) is 5.96. The number of aromatic nitrogens is 1. The van der Waals surface area contributed by atoms with Crippen molar-refractivity contribution >= 4 is 20.9 Å². The summed E-state index contributed by atoms with van der Waals surface area (Å²) in [6, 6.07) is 12.7. The summed E-state index contributed by atoms with van der Waals surface area (Å²) in [6.07, 6.45) is 1.62. The maximum atomic E-state index is 12.8. The van der Waals surface area contributed by atoms with Crippen LogP contribution in [0.2, 0.25) is 0 Å². The predicted octanol–water partition coefficient (Wildman–Crippen LogP) is 3.80. The Bertz CT molecular complexity index is 919. The highest BCUT2D eigenvalue weighted by atomic mass is 32.2. The van der Waals surface area contributed by atoms with E-state index in [1.54, 1.807) is 18.3 Å². The van der Waals surface area contributed by atoms with Crippen molar-refractivity contribution in [1.82, 2.24) is 3.97 Å². The van der Waals surface area contributed by atoms with Gasteiger partial charge in [0.25, 0.3) is 10.0 Å². The number of hydrogen-bond donors (Lipinski definition) is 0. The minimum atomic E-state index is -3.55. The van der Waals surface area contributed by atoms with E-state index in [1.165, 1.54) is 3.97 Å². The van der Waals surface area contributed by atoms with E-state index >= 15 is 0 Å². The van der Waals surface area contributed by atoms with Gasteiger partial charge in [-0.05, 0) is 62.2 Å². The summed E-state index contributed by atoms with van der Waals surface area (Å²) in [5, 5.41) is 0.939. The summed E-state index contributed by atoms with van der Waals surface area (Å²) in [5.41, 5.74) is 4.01. The van der Waals surface area contributed by atoms with E-state index in [-0.39, 0.29) is 0 Å². The highest BCUT2D eigenvalue weighted by molar-refractivity contribution is 7.90. The van der Waals surface area contributed by atoms with Gasteiger partial charge < -0.3 is 0 Å². The largest absolute Gasteiger partial charge is 0.268 e. The second-order valence-corrected chi connectivity index (χ2v) is 7.24. The molecule has 0 unspecified atom stereocenters. The Labute approximate surface area is 124 Å². The van der Waals surface area contributed by atoms with Crippen LogP contribution < -0.4 is 0 Å². The highest BCUT2D eigenvalue weighted by Gasteiger charge is 2.18. The SMILES string of the molecule is Cc1ccc(S(=O)(=O)n2ccc3cc(C)c(C)cc32)cc1. The van der Waals surface area contributed by atoms with Crippen molar-refractivity contribution in [2.45, 2.75) is 25.7 Å². The first-order valence-electron chi connectivity index (χ1n) is 6.80. The molecule has 0 saturated carbocycles. The van der Waals surface area contributed by atoms with Crippen LogP contribution in [0.4, 0.5) is 0 Å². The fraction of sp³-hybridized carbons (Fsp3) is 0.176. The molecule has 0 aliphatic rings. The van der Waals surface area contributed by atoms with E-state index in [0.717, 1.165) is 27.6 Å². The van der Waals surface area contributed by atoms with Gasteiger partial charge in [0.2, 0.25) is 0 Å². The summed E-state index contributed by atoms with van der Waals surface area (Å²) in [5.74, 6) is 0. The van der Waals surface area contributed by atoms with Gasteiger partial charge in [-0.15, -0.1) is 0 Å². The fourth-order valence-corrected chi connectivity index (χ4v) is 3.75. The Balaban J connectivity index is 2.24. The number of fused-ring (bicyclic) bond motifs is 1. The molecule has 0 atom stereocenters. The van der Waals surface area contributed by atoms with E-state index in [9.17, 15) is 8.42 Å². The van der Waals surface area contributed by atoms with Crippen LogP contribution in [-0.4, -0.2) is 12.4 Å². The van der Waals surface area contributed by atoms with Gasteiger partial charge in [-0.1, -0.05) is 17.7 Å². The Morgan fingerprint density at radius 3 is 2.14 bits per heavy atom. The topological polar surface area (TPSA) is 39.1 Å². The average Bonchev–Trinajstić information content (AvgIpc) is 2.83. The molecule has 3 aromatic rings. The van der Waals surface area contributed by atoms with Gasteiger partial charge in [0, 0.05) is 11.6 Å². The monoisotopic (exact) mass is 299 g/mol. The first-order chi connectivity index (χ1) is 9.89. The third kappa shape index (κ3) is 2.25. The van der Waals surface area contributed by atoms with Gasteiger partial charge in [-0.3, -0.25) is 0 Å². The minimum Gasteiger partial charge on any atom is -0.241 e. The summed E-state index contributed by atoms with van der Waals surface area (Å²) in [4.78, 5) is 0.309. The number of rotatable bonds is 2. The molecule has 0 bridgehead atoms. The zero-order valence-electron chi connectivity index (χ0n) is 12.3. The number of hydrogen-bond acceptors (Lipinski definition) is 2. The Kier molecular flexibility index (Phi) is 3.14. The molecule has 0 radical (unpaired) electrons. The number of nitrogens with zero attached hydrogens (tertiary/aromatic N) is 1. The molecule has 0 fully saturated rings. The van der Waals surface area contributed by atoms with Crippen LogP contribution in [0, 0.1) is 20.8 Å². The van der Waals surface area contributed by atoms with E-state index in [1.807, 2.05) is 51.1 Å². The van der Waals surface area contributed by atoms with Crippen molar-refractivity contribution in [2.24, 2.45) is 0 Å². The Morgan fingerprint density at radius 2 is 1.48 bits per heavy atom. The van der Waals surface area contributed by atoms with Crippen LogP contribution in [0.5, 0.6) is 0 Å². The van der Waals surface area contributed by atoms with Crippen LogP contribution in [0.3, 0.4) is 0 Å². The molecule has 3 rings (SSSR count). The zero-order chi connectivity index (χ0) is 15.2. The van der Waals surface area contributed by atoms with E-state index in [0.29, 0.717) is 4.90 Å². The molecule has 0 spiro atoms. The van der Waals surface area contributed by atoms with Crippen LogP contribution in [0.25, 0.3) is 10.9 Å². The molecular formula is C17H17NO2S. The second-order valence-electron chi connectivity index (χ2n) is 5.42. The van der Waals surface area contributed by atoms with Crippen LogP contribution in [0.15, 0.2) is 53.6 Å². The average molecular weight is 299 g/mol. The third-order valence-electron chi connectivity index (χ3n) is 3.85. The lowest BCUT2D eigenvalue weighted by Gasteiger charge is -2.09. The van der Waals surface area contributed by atoms with Crippen molar-refractivity contribution in [3.63, 3.8) is 0 Å². The standard InChI is InChI=1S/C17H17NO2S/c1-12-4-6-16(7-5-12)21(19,20)18-9-8-15-10-13(2)14(3)11-17(15)18/h4-11H,1-3H3. The van der Waals surface area contributed by atoms with Gasteiger partial charge in [0.15, 0.2) is 0 Å². The maximum absolute atomic E-state index is 12.8. The van der Waals surface area contributed by atoms with Crippen molar-refractivity contribution in [3.05, 3.63) is 65.4 Å². The van der Waals surface area contributed by atoms with Crippen molar-refractivity contribution in [2.75, 3.05) is 0 Å². The smallest absolute Gasteiger partial charge is 0.241 e. The van der Waals surface area contributed by atoms with Crippen molar-refractivity contribution in [1.29, 1.82) is 0 Å². The van der Waals surface area contributed by atoms with Crippen LogP contribution >= 0.6 is 0 Å². The van der Waals surface area contributed by atoms with E-state index < -0.39 is 10.0 Å². The molecule has 108 valence electrons. The zero-order valence-corrected chi connectivity index (χ0v) is 13.1. The lowest BCUT2D eigenvalue weighted by Crippen LogP contribution is -2.11. The van der Waals surface area contributed by atoms with Crippen LogP contribution in [0.1, 0.15) is 16.7 Å². The van der Waals surface area contributed by atoms with Crippen molar-refractivity contribution < 1.29 is 8.42 Å². The number of aryl methyl sites for hydroxylation is 3. The molecule has 0 N–H and O–H groups in total. The summed E-state index contributed by atoms with van der Waals surface area (Å²) in [7, 11) is -3.55. The molecule has 0 amide bonds. The van der Waals surface area contributed by atoms with Gasteiger partial charge in [0.1, 0.15) is 0 Å². The van der Waals surface area contributed by atoms with Gasteiger partial charge in [0.05, 0.1) is 10.4 Å². The lowest BCUT2D eigenvalue weighted by atomic mass is 10.1. The molecule has 0 aliphatic carbocycles. The Morgan fingerprint density at radius 1 is 0.857 bits per heavy atom. The van der Waals surface area contributed by atoms with Gasteiger partial charge in [-0.2, -0.15) is 0 Å². The molecule has 1 aromatic heterocycles. The molecule has 3 nitrogen and oxygen atoms in total. The summed E-state index contributed by atoms with van der Waals surface area (Å²) < 4.78 is 26.9. The number of benzene rings is 2. The van der Waals surface area contributed by atoms with Crippen LogP contribution in [-0.2, 0) is 10.0 Å². The molecule has 0 aliphatic heterocycles. The third-order valence-corrected chi connectivity index (χ3v) is 5.55. The maximum Gasteiger partial charge on any atom is 0.268 e. The molecular weight excluding hydrogens is 282 g/mol. The normalized spacial score (nSPS) is 12.0. The summed E-state index contributed by atoms with van der Waals surface area (Å²) >= 11 is 0. The first kappa shape index (κ1) is 13.9.